The molecule has 0 aliphatic carbocycles. The van der Waals surface area contributed by atoms with E-state index in [2.05, 4.69) is 4.99 Å². The number of aryl methyl sites for hydroxylation is 1. The number of amides is 1. The highest BCUT2D eigenvalue weighted by Gasteiger charge is 2.17. The number of rotatable bonds is 5. The molecule has 0 atom stereocenters. The van der Waals surface area contributed by atoms with Crippen LogP contribution in [0.2, 0.25) is 5.02 Å². The van der Waals surface area contributed by atoms with Gasteiger partial charge in [0.2, 0.25) is 0 Å². The van der Waals surface area contributed by atoms with Crippen molar-refractivity contribution in [2.75, 3.05) is 21.3 Å². The topological polar surface area (TPSA) is 79.1 Å². The molecule has 0 saturated heterocycles. The molecule has 1 amide bonds. The van der Waals surface area contributed by atoms with Gasteiger partial charge in [-0.2, -0.15) is 4.99 Å². The fourth-order valence-corrected chi connectivity index (χ4v) is 4.10. The predicted molar refractivity (Wildman–Crippen MR) is 111 cm³/mol. The van der Waals surface area contributed by atoms with Crippen LogP contribution in [0, 0.1) is 6.92 Å². The van der Waals surface area contributed by atoms with Crippen LogP contribution in [0.4, 0.5) is 0 Å². The number of fused-ring (bicyclic) bond motifs is 1. The predicted octanol–water partition coefficient (Wildman–Crippen LogP) is 3.60. The third kappa shape index (κ3) is 4.13. The zero-order valence-electron chi connectivity index (χ0n) is 16.3. The highest BCUT2D eigenvalue weighted by Crippen LogP contribution is 2.28. The normalized spacial score (nSPS) is 11.6. The number of thiazole rings is 1. The summed E-state index contributed by atoms with van der Waals surface area (Å²) in [6.45, 7) is 1.76. The lowest BCUT2D eigenvalue weighted by Crippen LogP contribution is -2.23. The van der Waals surface area contributed by atoms with Crippen molar-refractivity contribution < 1.29 is 23.8 Å². The molecule has 2 aromatic carbocycles. The Labute approximate surface area is 176 Å². The zero-order valence-corrected chi connectivity index (χ0v) is 17.9. The lowest BCUT2D eigenvalue weighted by atomic mass is 10.2. The highest BCUT2D eigenvalue weighted by atomic mass is 35.5. The van der Waals surface area contributed by atoms with E-state index in [1.807, 2.05) is 13.0 Å². The van der Waals surface area contributed by atoms with E-state index in [9.17, 15) is 9.59 Å². The van der Waals surface area contributed by atoms with Crippen LogP contribution in [-0.4, -0.2) is 37.8 Å². The van der Waals surface area contributed by atoms with Gasteiger partial charge >= 0.3 is 5.97 Å². The Morgan fingerprint density at radius 3 is 2.55 bits per heavy atom. The molecule has 1 heterocycles. The molecule has 1 aromatic heterocycles. The first-order chi connectivity index (χ1) is 13.9. The maximum absolute atomic E-state index is 12.9. The van der Waals surface area contributed by atoms with Gasteiger partial charge in [-0.15, -0.1) is 0 Å². The van der Waals surface area contributed by atoms with Crippen LogP contribution in [0.5, 0.6) is 11.5 Å². The van der Waals surface area contributed by atoms with Gasteiger partial charge in [-0.05, 0) is 36.8 Å². The molecule has 0 spiro atoms. The number of esters is 1. The molecule has 3 aromatic rings. The number of halogens is 1. The van der Waals surface area contributed by atoms with Crippen molar-refractivity contribution in [3.63, 3.8) is 0 Å². The quantitative estimate of drug-likeness (QED) is 0.573. The number of aromatic nitrogens is 1. The van der Waals surface area contributed by atoms with Gasteiger partial charge < -0.3 is 18.8 Å². The summed E-state index contributed by atoms with van der Waals surface area (Å²) in [5.74, 6) is -0.0531. The molecule has 0 fully saturated rings. The fraction of sp³-hybridized carbons (Fsp3) is 0.250. The van der Waals surface area contributed by atoms with E-state index in [1.54, 1.807) is 28.8 Å². The lowest BCUT2D eigenvalue weighted by Gasteiger charge is -2.08. The van der Waals surface area contributed by atoms with Crippen molar-refractivity contribution in [1.82, 2.24) is 4.57 Å². The number of carbonyl (C=O) groups excluding carboxylic acids is 2. The Bertz CT molecular complexity index is 1170. The summed E-state index contributed by atoms with van der Waals surface area (Å²) >= 11 is 7.55. The molecule has 0 unspecified atom stereocenters. The minimum atomic E-state index is -0.501. The summed E-state index contributed by atoms with van der Waals surface area (Å²) in [6.07, 6.45) is 0. The van der Waals surface area contributed by atoms with Crippen molar-refractivity contribution in [2.24, 2.45) is 4.99 Å². The van der Waals surface area contributed by atoms with E-state index in [-0.39, 0.29) is 12.1 Å². The average Bonchev–Trinajstić information content (AvgIpc) is 3.07. The molecule has 0 radical (unpaired) electrons. The SMILES string of the molecule is COC(=O)Cn1c(=NC(=O)c2ccc(OC)cc2OC)sc2ccc(Cl)c(C)c21. The van der Waals surface area contributed by atoms with Crippen LogP contribution >= 0.6 is 22.9 Å². The molecule has 29 heavy (non-hydrogen) atoms. The summed E-state index contributed by atoms with van der Waals surface area (Å²) in [6, 6.07) is 8.46. The maximum atomic E-state index is 12.9. The Morgan fingerprint density at radius 1 is 1.14 bits per heavy atom. The highest BCUT2D eigenvalue weighted by molar-refractivity contribution is 7.16. The second kappa shape index (κ2) is 8.67. The monoisotopic (exact) mass is 434 g/mol. The Balaban J connectivity index is 2.19. The molecular weight excluding hydrogens is 416 g/mol. The van der Waals surface area contributed by atoms with Gasteiger partial charge in [-0.1, -0.05) is 22.9 Å². The second-order valence-electron chi connectivity index (χ2n) is 6.05. The van der Waals surface area contributed by atoms with Gasteiger partial charge in [0.25, 0.3) is 5.91 Å². The van der Waals surface area contributed by atoms with Crippen molar-refractivity contribution in [3.8, 4) is 11.5 Å². The van der Waals surface area contributed by atoms with Gasteiger partial charge in [-0.3, -0.25) is 9.59 Å². The summed E-state index contributed by atoms with van der Waals surface area (Å²) in [7, 11) is 4.30. The smallest absolute Gasteiger partial charge is 0.325 e. The first-order valence-electron chi connectivity index (χ1n) is 8.56. The van der Waals surface area contributed by atoms with E-state index in [0.717, 1.165) is 15.8 Å². The van der Waals surface area contributed by atoms with Crippen molar-refractivity contribution >= 4 is 45.0 Å². The summed E-state index contributed by atoms with van der Waals surface area (Å²) in [5, 5.41) is 0.559. The molecule has 9 heteroatoms. The summed E-state index contributed by atoms with van der Waals surface area (Å²) in [4.78, 5) is 29.5. The molecule has 3 rings (SSSR count). The van der Waals surface area contributed by atoms with Crippen molar-refractivity contribution in [1.29, 1.82) is 0 Å². The fourth-order valence-electron chi connectivity index (χ4n) is 2.86. The molecule has 152 valence electrons. The van der Waals surface area contributed by atoms with E-state index in [1.165, 1.54) is 32.7 Å². The van der Waals surface area contributed by atoms with Gasteiger partial charge in [0.05, 0.1) is 37.1 Å². The molecule has 0 bridgehead atoms. The molecule has 0 N–H and O–H groups in total. The number of hydrogen-bond acceptors (Lipinski definition) is 6. The molecule has 7 nitrogen and oxygen atoms in total. The van der Waals surface area contributed by atoms with E-state index in [0.29, 0.717) is 21.3 Å². The van der Waals surface area contributed by atoms with E-state index < -0.39 is 11.9 Å². The average molecular weight is 435 g/mol. The number of carbonyl (C=O) groups is 2. The van der Waals surface area contributed by atoms with Crippen molar-refractivity contribution in [3.05, 3.63) is 51.3 Å². The molecular formula is C20H19ClN2O5S. The minimum Gasteiger partial charge on any atom is -0.497 e. The van der Waals surface area contributed by atoms with Crippen LogP contribution in [0.3, 0.4) is 0 Å². The van der Waals surface area contributed by atoms with Gasteiger partial charge in [-0.25, -0.2) is 0 Å². The van der Waals surface area contributed by atoms with Crippen LogP contribution in [0.15, 0.2) is 35.3 Å². The van der Waals surface area contributed by atoms with Gasteiger partial charge in [0.1, 0.15) is 18.0 Å². The number of ether oxygens (including phenoxy) is 3. The minimum absolute atomic E-state index is 0.0937. The molecule has 0 saturated carbocycles. The number of benzene rings is 2. The second-order valence-corrected chi connectivity index (χ2v) is 7.47. The number of hydrogen-bond donors (Lipinski definition) is 0. The standard InChI is InChI=1S/C20H19ClN2O5S/c1-11-14(21)7-8-16-18(11)23(10-17(24)28-4)20(29-16)22-19(25)13-6-5-12(26-2)9-15(13)27-3/h5-9H,10H2,1-4H3. The third-order valence-corrected chi connectivity index (χ3v) is 5.83. The zero-order chi connectivity index (χ0) is 21.1. The Morgan fingerprint density at radius 2 is 1.90 bits per heavy atom. The number of nitrogens with zero attached hydrogens (tertiary/aromatic N) is 2. The van der Waals surface area contributed by atoms with Gasteiger partial charge in [0.15, 0.2) is 4.80 Å². The first kappa shape index (κ1) is 20.9. The van der Waals surface area contributed by atoms with Crippen LogP contribution in [-0.2, 0) is 16.1 Å². The Hall–Kier alpha value is -2.84. The first-order valence-corrected chi connectivity index (χ1v) is 9.75. The van der Waals surface area contributed by atoms with E-state index >= 15 is 0 Å². The van der Waals surface area contributed by atoms with Crippen LogP contribution in [0.1, 0.15) is 15.9 Å². The Kier molecular flexibility index (Phi) is 6.24. The van der Waals surface area contributed by atoms with Crippen LogP contribution < -0.4 is 14.3 Å². The summed E-state index contributed by atoms with van der Waals surface area (Å²) < 4.78 is 17.7. The third-order valence-electron chi connectivity index (χ3n) is 4.38. The number of methoxy groups -OCH3 is 3. The van der Waals surface area contributed by atoms with Crippen molar-refractivity contribution in [2.45, 2.75) is 13.5 Å². The molecule has 0 aliphatic heterocycles. The molecule has 0 aliphatic rings. The van der Waals surface area contributed by atoms with Gasteiger partial charge in [0, 0.05) is 11.1 Å². The largest absolute Gasteiger partial charge is 0.497 e. The van der Waals surface area contributed by atoms with E-state index in [4.69, 9.17) is 25.8 Å². The summed E-state index contributed by atoms with van der Waals surface area (Å²) in [5.41, 5.74) is 1.81. The maximum Gasteiger partial charge on any atom is 0.325 e. The lowest BCUT2D eigenvalue weighted by molar-refractivity contribution is -0.141. The van der Waals surface area contributed by atoms with Crippen LogP contribution in [0.25, 0.3) is 10.2 Å².